The monoisotopic (exact) mass is 373 g/mol. The number of nitrogens with one attached hydrogen (secondary N) is 2. The normalized spacial score (nSPS) is 21.7. The number of rotatable bonds is 3. The van der Waals surface area contributed by atoms with Gasteiger partial charge in [0.25, 0.3) is 0 Å². The van der Waals surface area contributed by atoms with Crippen molar-refractivity contribution in [2.75, 3.05) is 11.4 Å². The van der Waals surface area contributed by atoms with Gasteiger partial charge in [-0.25, -0.2) is 0 Å². The molecule has 1 fully saturated rings. The molecule has 1 aliphatic carbocycles. The van der Waals surface area contributed by atoms with E-state index in [1.165, 1.54) is 10.9 Å². The average molecular weight is 373 g/mol. The number of amides is 2. The molecule has 0 saturated carbocycles. The maximum Gasteiger partial charge on any atom is 0.227 e. The number of anilines is 1. The van der Waals surface area contributed by atoms with Gasteiger partial charge in [0.1, 0.15) is 0 Å². The smallest absolute Gasteiger partial charge is 0.227 e. The molecule has 2 aliphatic rings. The number of hydrogen-bond acceptors (Lipinski definition) is 2. The first-order chi connectivity index (χ1) is 13.7. The van der Waals surface area contributed by atoms with Gasteiger partial charge in [0.2, 0.25) is 11.8 Å². The van der Waals surface area contributed by atoms with E-state index in [0.717, 1.165) is 36.2 Å². The van der Waals surface area contributed by atoms with E-state index >= 15 is 0 Å². The number of hydrogen-bond donors (Lipinski definition) is 2. The molecular formula is C23H23N3O2. The van der Waals surface area contributed by atoms with Crippen molar-refractivity contribution in [3.8, 4) is 0 Å². The van der Waals surface area contributed by atoms with Gasteiger partial charge in [-0.2, -0.15) is 0 Å². The molecule has 5 heteroatoms. The molecule has 5 nitrogen and oxygen atoms in total. The van der Waals surface area contributed by atoms with E-state index in [0.29, 0.717) is 6.54 Å². The topological polar surface area (TPSA) is 65.2 Å². The Morgan fingerprint density at radius 1 is 1.07 bits per heavy atom. The molecule has 142 valence electrons. The molecule has 2 amide bonds. The quantitative estimate of drug-likeness (QED) is 0.735. The number of aryl methyl sites for hydroxylation is 1. The number of carbonyl (C=O) groups excluding carboxylic acids is 2. The van der Waals surface area contributed by atoms with Crippen LogP contribution in [0.4, 0.5) is 5.69 Å². The second-order valence-corrected chi connectivity index (χ2v) is 7.76. The number of H-pyrrole nitrogens is 1. The van der Waals surface area contributed by atoms with E-state index in [1.54, 1.807) is 4.90 Å². The van der Waals surface area contributed by atoms with E-state index in [1.807, 2.05) is 36.4 Å². The minimum absolute atomic E-state index is 0.00970. The maximum atomic E-state index is 13.0. The Morgan fingerprint density at radius 2 is 1.86 bits per heavy atom. The Hall–Kier alpha value is -3.08. The first-order valence-corrected chi connectivity index (χ1v) is 9.96. The third-order valence-electron chi connectivity index (χ3n) is 5.99. The van der Waals surface area contributed by atoms with Crippen molar-refractivity contribution in [3.05, 3.63) is 65.9 Å². The highest BCUT2D eigenvalue weighted by molar-refractivity contribution is 6.00. The molecule has 0 unspecified atom stereocenters. The van der Waals surface area contributed by atoms with Crippen LogP contribution in [-0.4, -0.2) is 23.3 Å². The summed E-state index contributed by atoms with van der Waals surface area (Å²) in [6.45, 7) is 0.445. The number of aromatic nitrogens is 1. The summed E-state index contributed by atoms with van der Waals surface area (Å²) in [5.74, 6) is -0.313. The molecule has 1 saturated heterocycles. The Balaban J connectivity index is 1.34. The van der Waals surface area contributed by atoms with Crippen LogP contribution in [0, 0.1) is 5.92 Å². The minimum Gasteiger partial charge on any atom is -0.356 e. The summed E-state index contributed by atoms with van der Waals surface area (Å²) in [5.41, 5.74) is 4.43. The van der Waals surface area contributed by atoms with Crippen LogP contribution < -0.4 is 10.2 Å². The number of aromatic amines is 1. The van der Waals surface area contributed by atoms with Gasteiger partial charge in [-0.3, -0.25) is 9.59 Å². The summed E-state index contributed by atoms with van der Waals surface area (Å²) in [7, 11) is 0. The molecule has 1 aromatic heterocycles. The summed E-state index contributed by atoms with van der Waals surface area (Å²) in [4.78, 5) is 30.6. The van der Waals surface area contributed by atoms with Crippen molar-refractivity contribution in [1.29, 1.82) is 0 Å². The number of fused-ring (bicyclic) bond motifs is 3. The van der Waals surface area contributed by atoms with Crippen molar-refractivity contribution < 1.29 is 9.59 Å². The van der Waals surface area contributed by atoms with E-state index in [9.17, 15) is 9.59 Å². The predicted octanol–water partition coefficient (Wildman–Crippen LogP) is 3.71. The molecular weight excluding hydrogens is 350 g/mol. The first kappa shape index (κ1) is 17.0. The fraction of sp³-hybridized carbons (Fsp3) is 0.304. The molecule has 2 heterocycles. The Bertz CT molecular complexity index is 1040. The number of para-hydroxylation sites is 2. The largest absolute Gasteiger partial charge is 0.356 e. The van der Waals surface area contributed by atoms with E-state index in [2.05, 4.69) is 28.5 Å². The number of benzene rings is 2. The minimum atomic E-state index is -0.303. The summed E-state index contributed by atoms with van der Waals surface area (Å²) in [6, 6.07) is 17.9. The van der Waals surface area contributed by atoms with Gasteiger partial charge >= 0.3 is 0 Å². The van der Waals surface area contributed by atoms with E-state index in [-0.39, 0.29) is 30.2 Å². The third-order valence-corrected chi connectivity index (χ3v) is 5.99. The fourth-order valence-electron chi connectivity index (χ4n) is 4.59. The van der Waals surface area contributed by atoms with Gasteiger partial charge < -0.3 is 15.2 Å². The Morgan fingerprint density at radius 3 is 2.71 bits per heavy atom. The summed E-state index contributed by atoms with van der Waals surface area (Å²) in [6.07, 6.45) is 3.29. The van der Waals surface area contributed by atoms with Crippen LogP contribution in [0.2, 0.25) is 0 Å². The van der Waals surface area contributed by atoms with Gasteiger partial charge in [-0.15, -0.1) is 0 Å². The molecule has 2 aromatic carbocycles. The van der Waals surface area contributed by atoms with Gasteiger partial charge in [0.05, 0.1) is 12.0 Å². The van der Waals surface area contributed by atoms with Crippen LogP contribution in [0.25, 0.3) is 10.9 Å². The van der Waals surface area contributed by atoms with Crippen molar-refractivity contribution in [2.24, 2.45) is 5.92 Å². The molecule has 2 N–H and O–H groups in total. The van der Waals surface area contributed by atoms with Crippen molar-refractivity contribution in [1.82, 2.24) is 10.3 Å². The standard InChI is InChI=1S/C23H23N3O2/c27-21-13-15(14-26(21)16-7-2-1-3-8-16)23(28)25-20-12-6-10-18-17-9-4-5-11-19(17)24-22(18)20/h1-5,7-9,11,15,20,24H,6,10,12-14H2,(H,25,28)/t15-,20+/m0/s1. The highest BCUT2D eigenvalue weighted by Crippen LogP contribution is 2.35. The molecule has 2 atom stereocenters. The zero-order chi connectivity index (χ0) is 19.1. The molecule has 3 aromatic rings. The second-order valence-electron chi connectivity index (χ2n) is 7.76. The molecule has 1 aliphatic heterocycles. The SMILES string of the molecule is O=C(N[C@@H]1CCCc2c1[nH]c1ccccc21)[C@H]1CC(=O)N(c2ccccc2)C1. The summed E-state index contributed by atoms with van der Waals surface area (Å²) >= 11 is 0. The van der Waals surface area contributed by atoms with Crippen molar-refractivity contribution in [2.45, 2.75) is 31.7 Å². The summed E-state index contributed by atoms with van der Waals surface area (Å²) < 4.78 is 0. The molecule has 0 spiro atoms. The van der Waals surface area contributed by atoms with Gasteiger partial charge in [0.15, 0.2) is 0 Å². The summed E-state index contributed by atoms with van der Waals surface area (Å²) in [5, 5.41) is 4.47. The predicted molar refractivity (Wildman–Crippen MR) is 109 cm³/mol. The highest BCUT2D eigenvalue weighted by Gasteiger charge is 2.36. The van der Waals surface area contributed by atoms with Crippen molar-refractivity contribution in [3.63, 3.8) is 0 Å². The molecule has 0 bridgehead atoms. The van der Waals surface area contributed by atoms with Gasteiger partial charge in [-0.05, 0) is 43.0 Å². The van der Waals surface area contributed by atoms with Crippen LogP contribution in [0.15, 0.2) is 54.6 Å². The molecule has 5 rings (SSSR count). The van der Waals surface area contributed by atoms with E-state index < -0.39 is 0 Å². The zero-order valence-electron chi connectivity index (χ0n) is 15.7. The lowest BCUT2D eigenvalue weighted by Crippen LogP contribution is -2.37. The lowest BCUT2D eigenvalue weighted by atomic mass is 9.91. The van der Waals surface area contributed by atoms with Gasteiger partial charge in [0, 0.05) is 35.2 Å². The number of carbonyl (C=O) groups is 2. The average Bonchev–Trinajstić information content (AvgIpc) is 3.30. The lowest BCUT2D eigenvalue weighted by molar-refractivity contribution is -0.127. The van der Waals surface area contributed by atoms with Crippen LogP contribution in [0.3, 0.4) is 0 Å². The number of nitrogens with zero attached hydrogens (tertiary/aromatic N) is 1. The van der Waals surface area contributed by atoms with Crippen LogP contribution in [-0.2, 0) is 16.0 Å². The Labute approximate surface area is 163 Å². The van der Waals surface area contributed by atoms with Gasteiger partial charge in [-0.1, -0.05) is 36.4 Å². The molecule has 28 heavy (non-hydrogen) atoms. The van der Waals surface area contributed by atoms with Crippen LogP contribution in [0.1, 0.15) is 36.6 Å². The van der Waals surface area contributed by atoms with E-state index in [4.69, 9.17) is 0 Å². The van der Waals surface area contributed by atoms with Crippen molar-refractivity contribution >= 4 is 28.4 Å². The first-order valence-electron chi connectivity index (χ1n) is 9.96. The molecule has 0 radical (unpaired) electrons. The highest BCUT2D eigenvalue weighted by atomic mass is 16.2. The fourth-order valence-corrected chi connectivity index (χ4v) is 4.59. The Kier molecular flexibility index (Phi) is 4.15. The van der Waals surface area contributed by atoms with Crippen LogP contribution >= 0.6 is 0 Å². The second kappa shape index (κ2) is 6.82. The van der Waals surface area contributed by atoms with Crippen LogP contribution in [0.5, 0.6) is 0 Å². The maximum absolute atomic E-state index is 13.0. The third kappa shape index (κ3) is 2.87. The zero-order valence-corrected chi connectivity index (χ0v) is 15.7. The lowest BCUT2D eigenvalue weighted by Gasteiger charge is -2.25.